The van der Waals surface area contributed by atoms with Crippen LogP contribution in [0.2, 0.25) is 0 Å². The van der Waals surface area contributed by atoms with Gasteiger partial charge in [-0.25, -0.2) is 8.42 Å². The molecule has 0 bridgehead atoms. The zero-order valence-electron chi connectivity index (χ0n) is 17.2. The first kappa shape index (κ1) is 21.7. The molecule has 1 aliphatic rings. The van der Waals surface area contributed by atoms with Gasteiger partial charge in [0.05, 0.1) is 6.61 Å². The van der Waals surface area contributed by atoms with Gasteiger partial charge in [0.25, 0.3) is 5.91 Å². The standard InChI is InChI=1S/C23H24N2O4S2/c1-29-16-18-6-4-5-17(13-18)14-24-23(26)22-21(10-12-30-22)31(27,28)25-11-9-19-7-2-3-8-20(19)15-25/h2-8,10,12-13H,9,11,14-16H2,1H3,(H,24,26). The Labute approximate surface area is 186 Å². The van der Waals surface area contributed by atoms with E-state index in [0.717, 1.165) is 28.0 Å². The fourth-order valence-corrected chi connectivity index (χ4v) is 6.47. The lowest BCUT2D eigenvalue weighted by atomic mass is 10.0. The molecule has 0 spiro atoms. The van der Waals surface area contributed by atoms with Crippen molar-refractivity contribution >= 4 is 27.3 Å². The highest BCUT2D eigenvalue weighted by Gasteiger charge is 2.32. The van der Waals surface area contributed by atoms with Gasteiger partial charge in [-0.2, -0.15) is 4.31 Å². The summed E-state index contributed by atoms with van der Waals surface area (Å²) in [5.41, 5.74) is 4.12. The van der Waals surface area contributed by atoms with Gasteiger partial charge in [0.15, 0.2) is 0 Å². The van der Waals surface area contributed by atoms with E-state index in [1.807, 2.05) is 48.5 Å². The molecule has 0 aliphatic carbocycles. The van der Waals surface area contributed by atoms with Crippen LogP contribution in [0.3, 0.4) is 0 Å². The molecule has 3 aromatic rings. The molecule has 31 heavy (non-hydrogen) atoms. The van der Waals surface area contributed by atoms with E-state index in [9.17, 15) is 13.2 Å². The SMILES string of the molecule is COCc1cccc(CNC(=O)c2sccc2S(=O)(=O)N2CCc3ccccc3C2)c1. The van der Waals surface area contributed by atoms with Crippen molar-refractivity contribution in [2.45, 2.75) is 31.0 Å². The minimum atomic E-state index is -3.77. The molecule has 0 saturated heterocycles. The average Bonchev–Trinajstić information content (AvgIpc) is 3.29. The van der Waals surface area contributed by atoms with Gasteiger partial charge in [-0.1, -0.05) is 48.5 Å². The number of carbonyl (C=O) groups is 1. The van der Waals surface area contributed by atoms with E-state index in [-0.39, 0.29) is 15.7 Å². The Morgan fingerprint density at radius 1 is 1.10 bits per heavy atom. The molecule has 0 unspecified atom stereocenters. The summed E-state index contributed by atoms with van der Waals surface area (Å²) in [6, 6.07) is 17.1. The summed E-state index contributed by atoms with van der Waals surface area (Å²) in [5, 5.41) is 4.50. The number of hydrogen-bond donors (Lipinski definition) is 1. The Morgan fingerprint density at radius 2 is 1.87 bits per heavy atom. The lowest BCUT2D eigenvalue weighted by molar-refractivity contribution is 0.0952. The van der Waals surface area contributed by atoms with Crippen LogP contribution < -0.4 is 5.32 Å². The quantitative estimate of drug-likeness (QED) is 0.590. The second-order valence-corrected chi connectivity index (χ2v) is 10.2. The first-order valence-electron chi connectivity index (χ1n) is 9.98. The number of ether oxygens (including phenoxy) is 1. The number of benzene rings is 2. The predicted octanol–water partition coefficient (Wildman–Crippen LogP) is 3.57. The summed E-state index contributed by atoms with van der Waals surface area (Å²) in [5.74, 6) is -0.386. The maximum absolute atomic E-state index is 13.3. The molecule has 8 heteroatoms. The largest absolute Gasteiger partial charge is 0.380 e. The van der Waals surface area contributed by atoms with Crippen LogP contribution in [-0.4, -0.2) is 32.3 Å². The third-order valence-electron chi connectivity index (χ3n) is 5.30. The molecular weight excluding hydrogens is 432 g/mol. The number of amides is 1. The summed E-state index contributed by atoms with van der Waals surface area (Å²) in [6.07, 6.45) is 0.666. The highest BCUT2D eigenvalue weighted by Crippen LogP contribution is 2.29. The molecule has 1 N–H and O–H groups in total. The lowest BCUT2D eigenvalue weighted by Crippen LogP contribution is -2.36. The first-order valence-corrected chi connectivity index (χ1v) is 12.3. The number of fused-ring (bicyclic) bond motifs is 1. The summed E-state index contributed by atoms with van der Waals surface area (Å²) in [7, 11) is -2.13. The van der Waals surface area contributed by atoms with Crippen molar-refractivity contribution in [1.29, 1.82) is 0 Å². The summed E-state index contributed by atoms with van der Waals surface area (Å²) in [4.78, 5) is 13.1. The van der Waals surface area contributed by atoms with Gasteiger partial charge in [-0.3, -0.25) is 4.79 Å². The van der Waals surface area contributed by atoms with Gasteiger partial charge >= 0.3 is 0 Å². The van der Waals surface area contributed by atoms with Gasteiger partial charge in [0, 0.05) is 26.7 Å². The van der Waals surface area contributed by atoms with Crippen LogP contribution in [0, 0.1) is 0 Å². The van der Waals surface area contributed by atoms with Crippen LogP contribution in [0.15, 0.2) is 64.9 Å². The molecule has 1 aromatic heterocycles. The van der Waals surface area contributed by atoms with Crippen molar-refractivity contribution in [1.82, 2.24) is 9.62 Å². The van der Waals surface area contributed by atoms with Crippen molar-refractivity contribution in [3.8, 4) is 0 Å². The number of nitrogens with one attached hydrogen (secondary N) is 1. The molecule has 0 fully saturated rings. The predicted molar refractivity (Wildman–Crippen MR) is 120 cm³/mol. The van der Waals surface area contributed by atoms with E-state index in [1.165, 1.54) is 15.9 Å². The fourth-order valence-electron chi connectivity index (χ4n) is 3.74. The first-order chi connectivity index (χ1) is 15.0. The average molecular weight is 457 g/mol. The number of thiophene rings is 1. The van der Waals surface area contributed by atoms with Crippen LogP contribution in [0.5, 0.6) is 0 Å². The number of nitrogens with zero attached hydrogens (tertiary/aromatic N) is 1. The summed E-state index contributed by atoms with van der Waals surface area (Å²) >= 11 is 1.14. The second-order valence-electron chi connectivity index (χ2n) is 7.41. The van der Waals surface area contributed by atoms with Crippen molar-refractivity contribution in [2.75, 3.05) is 13.7 Å². The van der Waals surface area contributed by atoms with Crippen LogP contribution >= 0.6 is 11.3 Å². The van der Waals surface area contributed by atoms with Crippen LogP contribution in [-0.2, 0) is 40.9 Å². The monoisotopic (exact) mass is 456 g/mol. The molecule has 0 saturated carbocycles. The maximum Gasteiger partial charge on any atom is 0.263 e. The zero-order chi connectivity index (χ0) is 21.8. The van der Waals surface area contributed by atoms with Crippen molar-refractivity contribution in [3.05, 3.63) is 87.1 Å². The van der Waals surface area contributed by atoms with E-state index < -0.39 is 10.0 Å². The Bertz CT molecular complexity index is 1190. The van der Waals surface area contributed by atoms with Gasteiger partial charge < -0.3 is 10.1 Å². The number of hydrogen-bond acceptors (Lipinski definition) is 5. The van der Waals surface area contributed by atoms with E-state index >= 15 is 0 Å². The Balaban J connectivity index is 1.49. The van der Waals surface area contributed by atoms with Crippen molar-refractivity contribution < 1.29 is 17.9 Å². The molecule has 6 nitrogen and oxygen atoms in total. The third-order valence-corrected chi connectivity index (χ3v) is 8.23. The summed E-state index contributed by atoms with van der Waals surface area (Å²) in [6.45, 7) is 1.53. The molecule has 0 atom stereocenters. The highest BCUT2D eigenvalue weighted by molar-refractivity contribution is 7.89. The molecular formula is C23H24N2O4S2. The molecule has 2 aromatic carbocycles. The third kappa shape index (κ3) is 4.72. The molecule has 1 aliphatic heterocycles. The van der Waals surface area contributed by atoms with E-state index in [2.05, 4.69) is 5.32 Å². The Hall–Kier alpha value is -2.52. The number of methoxy groups -OCH3 is 1. The molecule has 2 heterocycles. The number of carbonyl (C=O) groups excluding carboxylic acids is 1. The van der Waals surface area contributed by atoms with Crippen molar-refractivity contribution in [2.24, 2.45) is 0 Å². The molecule has 1 amide bonds. The minimum absolute atomic E-state index is 0.0718. The van der Waals surface area contributed by atoms with E-state index in [1.54, 1.807) is 12.5 Å². The highest BCUT2D eigenvalue weighted by atomic mass is 32.2. The molecule has 0 radical (unpaired) electrons. The number of sulfonamides is 1. The zero-order valence-corrected chi connectivity index (χ0v) is 18.8. The topological polar surface area (TPSA) is 75.7 Å². The van der Waals surface area contributed by atoms with E-state index in [0.29, 0.717) is 32.7 Å². The van der Waals surface area contributed by atoms with Gasteiger partial charge in [-0.15, -0.1) is 11.3 Å². The summed E-state index contributed by atoms with van der Waals surface area (Å²) < 4.78 is 33.2. The van der Waals surface area contributed by atoms with E-state index in [4.69, 9.17) is 4.74 Å². The second kappa shape index (κ2) is 9.32. The van der Waals surface area contributed by atoms with Gasteiger partial charge in [0.2, 0.25) is 10.0 Å². The molecule has 4 rings (SSSR count). The lowest BCUT2D eigenvalue weighted by Gasteiger charge is -2.28. The van der Waals surface area contributed by atoms with Gasteiger partial charge in [-0.05, 0) is 40.1 Å². The smallest absolute Gasteiger partial charge is 0.263 e. The maximum atomic E-state index is 13.3. The van der Waals surface area contributed by atoms with Crippen LogP contribution in [0.4, 0.5) is 0 Å². The van der Waals surface area contributed by atoms with Crippen molar-refractivity contribution in [3.63, 3.8) is 0 Å². The fraction of sp³-hybridized carbons (Fsp3) is 0.261. The molecule has 162 valence electrons. The van der Waals surface area contributed by atoms with Gasteiger partial charge in [0.1, 0.15) is 9.77 Å². The van der Waals surface area contributed by atoms with Crippen LogP contribution in [0.25, 0.3) is 0 Å². The Morgan fingerprint density at radius 3 is 2.68 bits per heavy atom. The normalized spacial score (nSPS) is 14.2. The minimum Gasteiger partial charge on any atom is -0.380 e. The number of rotatable bonds is 7. The Kier molecular flexibility index (Phi) is 6.52. The van der Waals surface area contributed by atoms with Crippen LogP contribution in [0.1, 0.15) is 31.9 Å².